The summed E-state index contributed by atoms with van der Waals surface area (Å²) in [4.78, 5) is 27.6. The largest absolute Gasteiger partial charge is 0.356 e. The van der Waals surface area contributed by atoms with Gasteiger partial charge in [-0.1, -0.05) is 32.1 Å². The first-order chi connectivity index (χ1) is 16.3. The lowest BCUT2D eigenvalue weighted by Crippen LogP contribution is -2.53. The maximum absolute atomic E-state index is 13.3. The Balaban J connectivity index is 1.45. The first kappa shape index (κ1) is 24.2. The lowest BCUT2D eigenvalue weighted by Gasteiger charge is -2.36. The molecule has 0 aromatic carbocycles. The van der Waals surface area contributed by atoms with Crippen molar-refractivity contribution in [1.29, 1.82) is 0 Å². The number of nitrogens with two attached hydrogens (primary N) is 1. The predicted molar refractivity (Wildman–Crippen MR) is 133 cm³/mol. The van der Waals surface area contributed by atoms with Crippen LogP contribution in [0.15, 0.2) is 12.3 Å². The second kappa shape index (κ2) is 12.5. The topological polar surface area (TPSA) is 99.4 Å². The van der Waals surface area contributed by atoms with E-state index >= 15 is 0 Å². The molecule has 2 aliphatic heterocycles. The van der Waals surface area contributed by atoms with Crippen molar-refractivity contribution in [3.05, 3.63) is 12.3 Å². The lowest BCUT2D eigenvalue weighted by atomic mass is 9.93. The van der Waals surface area contributed by atoms with Crippen LogP contribution in [0.5, 0.6) is 0 Å². The number of carbonyl (C=O) groups excluding carboxylic acids is 1. The smallest absolute Gasteiger partial charge is 0.239 e. The van der Waals surface area contributed by atoms with E-state index in [1.807, 2.05) is 12.3 Å². The predicted octanol–water partition coefficient (Wildman–Crippen LogP) is 2.90. The van der Waals surface area contributed by atoms with Crippen LogP contribution in [0.25, 0.3) is 0 Å². The first-order valence-corrected chi connectivity index (χ1v) is 13.3. The van der Waals surface area contributed by atoms with Crippen LogP contribution < -0.4 is 21.3 Å². The summed E-state index contributed by atoms with van der Waals surface area (Å²) in [5.74, 6) is 1.78. The third-order valence-electron chi connectivity index (χ3n) is 7.56. The summed E-state index contributed by atoms with van der Waals surface area (Å²) in [7, 11) is 0. The number of rotatable bonds is 9. The van der Waals surface area contributed by atoms with Crippen LogP contribution in [0.4, 0.5) is 11.8 Å². The average molecular weight is 458 g/mol. The molecule has 1 amide bonds. The molecule has 2 saturated heterocycles. The Morgan fingerprint density at radius 2 is 1.76 bits per heavy atom. The molecule has 1 aromatic heterocycles. The number of anilines is 2. The number of nitrogens with one attached hydrogen (secondary N) is 2. The van der Waals surface area contributed by atoms with Crippen molar-refractivity contribution in [2.75, 3.05) is 42.9 Å². The third-order valence-corrected chi connectivity index (χ3v) is 7.56. The molecule has 3 heterocycles. The minimum atomic E-state index is -0.170. The molecule has 0 spiro atoms. The normalized spacial score (nSPS) is 25.1. The molecule has 3 aliphatic rings. The number of unbranched alkanes of at least 4 members (excludes halogenated alkanes) is 1. The maximum Gasteiger partial charge on any atom is 0.239 e. The van der Waals surface area contributed by atoms with Gasteiger partial charge in [0.1, 0.15) is 11.9 Å². The number of hydrogen-bond donors (Lipinski definition) is 3. The quantitative estimate of drug-likeness (QED) is 0.490. The third kappa shape index (κ3) is 6.57. The van der Waals surface area contributed by atoms with Crippen LogP contribution in [0.2, 0.25) is 0 Å². The molecule has 0 bridgehead atoms. The van der Waals surface area contributed by atoms with Crippen LogP contribution in [0.3, 0.4) is 0 Å². The summed E-state index contributed by atoms with van der Waals surface area (Å²) in [5.41, 5.74) is 5.62. The van der Waals surface area contributed by atoms with E-state index in [4.69, 9.17) is 10.7 Å². The molecule has 0 radical (unpaired) electrons. The number of hydrogen-bond acceptors (Lipinski definition) is 7. The number of nitrogens with zero attached hydrogens (tertiary/aromatic N) is 4. The van der Waals surface area contributed by atoms with Crippen molar-refractivity contribution in [3.8, 4) is 0 Å². The average Bonchev–Trinajstić information content (AvgIpc) is 3.07. The molecule has 1 aliphatic carbocycles. The van der Waals surface area contributed by atoms with E-state index in [0.29, 0.717) is 25.1 Å². The molecule has 0 unspecified atom stereocenters. The molecule has 1 aromatic rings. The SMILES string of the molecule is NCCCCNC(=O)[C@@H]1[C@@H](Nc2nccc(N3CCCCCC3)n2)CCN1C1CCCCC1. The van der Waals surface area contributed by atoms with Gasteiger partial charge in [-0.15, -0.1) is 0 Å². The Morgan fingerprint density at radius 3 is 2.52 bits per heavy atom. The second-order valence-electron chi connectivity index (χ2n) is 9.94. The summed E-state index contributed by atoms with van der Waals surface area (Å²) in [5, 5.41) is 6.76. The van der Waals surface area contributed by atoms with E-state index in [-0.39, 0.29) is 18.0 Å². The molecule has 4 rings (SSSR count). The van der Waals surface area contributed by atoms with E-state index < -0.39 is 0 Å². The van der Waals surface area contributed by atoms with Crippen molar-refractivity contribution < 1.29 is 4.79 Å². The number of aromatic nitrogens is 2. The zero-order valence-corrected chi connectivity index (χ0v) is 20.2. The molecule has 184 valence electrons. The van der Waals surface area contributed by atoms with Gasteiger partial charge >= 0.3 is 0 Å². The minimum absolute atomic E-state index is 0.0285. The lowest BCUT2D eigenvalue weighted by molar-refractivity contribution is -0.126. The Kier molecular flexibility index (Phi) is 9.17. The highest BCUT2D eigenvalue weighted by atomic mass is 16.2. The number of amides is 1. The van der Waals surface area contributed by atoms with Crippen molar-refractivity contribution in [2.45, 2.75) is 95.2 Å². The highest BCUT2D eigenvalue weighted by Crippen LogP contribution is 2.31. The Bertz CT molecular complexity index is 731. The zero-order valence-electron chi connectivity index (χ0n) is 20.2. The van der Waals surface area contributed by atoms with Crippen LogP contribution in [0.1, 0.15) is 77.0 Å². The van der Waals surface area contributed by atoms with Gasteiger partial charge in [0.15, 0.2) is 0 Å². The maximum atomic E-state index is 13.3. The molecule has 3 fully saturated rings. The van der Waals surface area contributed by atoms with Gasteiger partial charge < -0.3 is 21.3 Å². The Morgan fingerprint density at radius 1 is 1.00 bits per heavy atom. The number of carbonyl (C=O) groups is 1. The van der Waals surface area contributed by atoms with Gasteiger partial charge in [0.2, 0.25) is 11.9 Å². The molecule has 8 heteroatoms. The summed E-state index contributed by atoms with van der Waals surface area (Å²) >= 11 is 0. The highest BCUT2D eigenvalue weighted by Gasteiger charge is 2.42. The summed E-state index contributed by atoms with van der Waals surface area (Å²) in [6.45, 7) is 4.43. The van der Waals surface area contributed by atoms with Gasteiger partial charge in [0, 0.05) is 38.4 Å². The molecule has 8 nitrogen and oxygen atoms in total. The van der Waals surface area contributed by atoms with Crippen molar-refractivity contribution >= 4 is 17.7 Å². The van der Waals surface area contributed by atoms with Crippen molar-refractivity contribution in [2.24, 2.45) is 5.73 Å². The fourth-order valence-electron chi connectivity index (χ4n) is 5.77. The molecule has 33 heavy (non-hydrogen) atoms. The second-order valence-corrected chi connectivity index (χ2v) is 9.94. The van der Waals surface area contributed by atoms with E-state index in [1.165, 1.54) is 57.8 Å². The Hall–Kier alpha value is -1.93. The van der Waals surface area contributed by atoms with Crippen LogP contribution in [-0.2, 0) is 4.79 Å². The van der Waals surface area contributed by atoms with E-state index in [1.54, 1.807) is 0 Å². The fraction of sp³-hybridized carbons (Fsp3) is 0.800. The summed E-state index contributed by atoms with van der Waals surface area (Å²) in [6.07, 6.45) is 16.0. The molecule has 4 N–H and O–H groups in total. The number of likely N-dealkylation sites (tertiary alicyclic amines) is 1. The monoisotopic (exact) mass is 457 g/mol. The first-order valence-electron chi connectivity index (χ1n) is 13.3. The summed E-state index contributed by atoms with van der Waals surface area (Å²) in [6, 6.07) is 2.38. The van der Waals surface area contributed by atoms with Crippen molar-refractivity contribution in [1.82, 2.24) is 20.2 Å². The summed E-state index contributed by atoms with van der Waals surface area (Å²) < 4.78 is 0. The van der Waals surface area contributed by atoms with Crippen LogP contribution in [0, 0.1) is 0 Å². The van der Waals surface area contributed by atoms with Gasteiger partial charge in [-0.05, 0) is 57.6 Å². The highest BCUT2D eigenvalue weighted by molar-refractivity contribution is 5.83. The standard InChI is InChI=1S/C25H43N7O/c26-14-6-7-15-27-24(33)23-21(13-19-32(23)20-10-4-3-5-11-20)29-25-28-16-12-22(30-25)31-17-8-1-2-9-18-31/h12,16,20-21,23H,1-11,13-15,17-19,26H2,(H,27,33)(H,28,29,30)/t21-,23-/m0/s1. The van der Waals surface area contributed by atoms with E-state index in [9.17, 15) is 4.79 Å². The Labute approximate surface area is 199 Å². The fourth-order valence-corrected chi connectivity index (χ4v) is 5.77. The molecule has 1 saturated carbocycles. The molecular formula is C25H43N7O. The molecular weight excluding hydrogens is 414 g/mol. The van der Waals surface area contributed by atoms with Crippen LogP contribution >= 0.6 is 0 Å². The van der Waals surface area contributed by atoms with Gasteiger partial charge in [-0.3, -0.25) is 9.69 Å². The van der Waals surface area contributed by atoms with E-state index in [0.717, 1.165) is 44.7 Å². The zero-order chi connectivity index (χ0) is 22.9. The van der Waals surface area contributed by atoms with Gasteiger partial charge in [-0.25, -0.2) is 4.98 Å². The van der Waals surface area contributed by atoms with Gasteiger partial charge in [-0.2, -0.15) is 4.98 Å². The van der Waals surface area contributed by atoms with E-state index in [2.05, 4.69) is 25.4 Å². The molecule has 2 atom stereocenters. The minimum Gasteiger partial charge on any atom is -0.356 e. The van der Waals surface area contributed by atoms with Gasteiger partial charge in [0.25, 0.3) is 0 Å². The van der Waals surface area contributed by atoms with Crippen LogP contribution in [-0.4, -0.2) is 71.6 Å². The van der Waals surface area contributed by atoms with Gasteiger partial charge in [0.05, 0.1) is 6.04 Å². The van der Waals surface area contributed by atoms with Crippen molar-refractivity contribution in [3.63, 3.8) is 0 Å².